The quantitative estimate of drug-likeness (QED) is 0.803. The molecule has 0 amide bonds. The summed E-state index contributed by atoms with van der Waals surface area (Å²) in [5.74, 6) is 1.55. The average molecular weight is 212 g/mol. The van der Waals surface area contributed by atoms with E-state index in [-0.39, 0.29) is 0 Å². The number of allylic oxidation sites excluding steroid dienone is 4. The minimum Gasteiger partial charge on any atom is -0.342 e. The van der Waals surface area contributed by atoms with E-state index in [9.17, 15) is 0 Å². The number of aromatic nitrogens is 6. The molecule has 0 aliphatic heterocycles. The molecule has 0 unspecified atom stereocenters. The van der Waals surface area contributed by atoms with Gasteiger partial charge in [0.15, 0.2) is 11.6 Å². The second kappa shape index (κ2) is 3.65. The van der Waals surface area contributed by atoms with Gasteiger partial charge < -0.3 is 4.98 Å². The van der Waals surface area contributed by atoms with E-state index in [0.717, 1.165) is 12.0 Å². The Morgan fingerprint density at radius 2 is 1.88 bits per heavy atom. The van der Waals surface area contributed by atoms with Crippen LogP contribution in [0.1, 0.15) is 12.2 Å². The topological polar surface area (TPSA) is 80.2 Å². The molecule has 2 aromatic rings. The number of nitrogens with zero attached hydrogens (tertiary/aromatic N) is 5. The van der Waals surface area contributed by atoms with E-state index in [1.165, 1.54) is 0 Å². The van der Waals surface area contributed by atoms with Gasteiger partial charge >= 0.3 is 0 Å². The van der Waals surface area contributed by atoms with Gasteiger partial charge in [-0.15, -0.1) is 20.4 Å². The normalized spacial score (nSPS) is 14.1. The fourth-order valence-electron chi connectivity index (χ4n) is 1.45. The summed E-state index contributed by atoms with van der Waals surface area (Å²) < 4.78 is 0. The third kappa shape index (κ3) is 1.50. The van der Waals surface area contributed by atoms with E-state index in [1.807, 2.05) is 18.2 Å². The summed E-state index contributed by atoms with van der Waals surface area (Å²) in [7, 11) is 0. The second-order valence-electron chi connectivity index (χ2n) is 3.31. The molecule has 3 rings (SSSR count). The third-order valence-electron chi connectivity index (χ3n) is 2.25. The Morgan fingerprint density at radius 1 is 1.06 bits per heavy atom. The molecule has 2 heterocycles. The summed E-state index contributed by atoms with van der Waals surface area (Å²) in [6, 6.07) is 0. The van der Waals surface area contributed by atoms with Crippen molar-refractivity contribution in [1.29, 1.82) is 0 Å². The molecule has 0 radical (unpaired) electrons. The molecule has 1 aliphatic rings. The number of hydrogen-bond donors (Lipinski definition) is 1. The number of nitrogens with one attached hydrogen (secondary N) is 1. The van der Waals surface area contributed by atoms with E-state index < -0.39 is 0 Å². The van der Waals surface area contributed by atoms with Crippen LogP contribution < -0.4 is 0 Å². The van der Waals surface area contributed by atoms with Crippen molar-refractivity contribution < 1.29 is 0 Å². The molecule has 6 nitrogen and oxygen atoms in total. The van der Waals surface area contributed by atoms with Crippen molar-refractivity contribution in [3.63, 3.8) is 0 Å². The van der Waals surface area contributed by atoms with Crippen LogP contribution in [0, 0.1) is 0 Å². The molecule has 1 N–H and O–H groups in total. The first-order chi connectivity index (χ1) is 7.93. The predicted molar refractivity (Wildman–Crippen MR) is 56.9 cm³/mol. The first kappa shape index (κ1) is 8.90. The minimum absolute atomic E-state index is 0.403. The highest BCUT2D eigenvalue weighted by atomic mass is 15.3. The lowest BCUT2D eigenvalue weighted by molar-refractivity contribution is 0.833. The van der Waals surface area contributed by atoms with Crippen molar-refractivity contribution in [3.05, 3.63) is 36.4 Å². The Kier molecular flexibility index (Phi) is 2.03. The van der Waals surface area contributed by atoms with E-state index in [2.05, 4.69) is 30.4 Å². The van der Waals surface area contributed by atoms with E-state index in [4.69, 9.17) is 0 Å². The molecular formula is C10H8N6. The van der Waals surface area contributed by atoms with Crippen molar-refractivity contribution in [2.75, 3.05) is 0 Å². The molecule has 6 heteroatoms. The maximum atomic E-state index is 4.03. The first-order valence-corrected chi connectivity index (χ1v) is 4.87. The molecule has 0 saturated heterocycles. The van der Waals surface area contributed by atoms with Gasteiger partial charge in [-0.05, 0) is 6.42 Å². The standard InChI is InChI=1S/C10H8N6/c1-2-4-7(3-1)8-13-15-10(16-14-8)9-11-5-6-12-9/h1-3,5-6H,4H2,(H,11,12). The van der Waals surface area contributed by atoms with Gasteiger partial charge in [-0.25, -0.2) is 4.98 Å². The smallest absolute Gasteiger partial charge is 0.238 e. The van der Waals surface area contributed by atoms with E-state index in [1.54, 1.807) is 12.4 Å². The number of H-pyrrole nitrogens is 1. The first-order valence-electron chi connectivity index (χ1n) is 4.87. The van der Waals surface area contributed by atoms with Crippen LogP contribution in [0.3, 0.4) is 0 Å². The number of rotatable bonds is 2. The molecule has 0 atom stereocenters. The Balaban J connectivity index is 1.91. The second-order valence-corrected chi connectivity index (χ2v) is 3.31. The van der Waals surface area contributed by atoms with E-state index in [0.29, 0.717) is 17.5 Å². The lowest BCUT2D eigenvalue weighted by Gasteiger charge is -1.98. The predicted octanol–water partition coefficient (Wildman–Crippen LogP) is 1.000. The van der Waals surface area contributed by atoms with Gasteiger partial charge in [-0.2, -0.15) is 0 Å². The zero-order chi connectivity index (χ0) is 10.8. The molecule has 78 valence electrons. The van der Waals surface area contributed by atoms with Gasteiger partial charge in [-0.3, -0.25) is 0 Å². The molecule has 0 aromatic carbocycles. The molecule has 16 heavy (non-hydrogen) atoms. The Labute approximate surface area is 91.2 Å². The summed E-state index contributed by atoms with van der Waals surface area (Å²) in [5, 5.41) is 16.0. The highest BCUT2D eigenvalue weighted by Gasteiger charge is 2.10. The van der Waals surface area contributed by atoms with Crippen LogP contribution >= 0.6 is 0 Å². The Morgan fingerprint density at radius 3 is 2.50 bits per heavy atom. The highest BCUT2D eigenvalue weighted by Crippen LogP contribution is 2.18. The highest BCUT2D eigenvalue weighted by molar-refractivity contribution is 5.65. The fourth-order valence-corrected chi connectivity index (χ4v) is 1.45. The number of aromatic amines is 1. The fraction of sp³-hybridized carbons (Fsp3) is 0.100. The summed E-state index contributed by atoms with van der Waals surface area (Å²) in [6.07, 6.45) is 10.2. The monoisotopic (exact) mass is 212 g/mol. The Hall–Kier alpha value is -2.37. The van der Waals surface area contributed by atoms with E-state index >= 15 is 0 Å². The zero-order valence-corrected chi connectivity index (χ0v) is 8.33. The van der Waals surface area contributed by atoms with Crippen LogP contribution in [-0.4, -0.2) is 30.4 Å². The van der Waals surface area contributed by atoms with Crippen LogP contribution in [0.25, 0.3) is 17.2 Å². The van der Waals surface area contributed by atoms with Crippen LogP contribution in [0.5, 0.6) is 0 Å². The maximum Gasteiger partial charge on any atom is 0.238 e. The molecule has 0 saturated carbocycles. The molecule has 2 aromatic heterocycles. The van der Waals surface area contributed by atoms with Gasteiger partial charge in [0.05, 0.1) is 0 Å². The largest absolute Gasteiger partial charge is 0.342 e. The van der Waals surface area contributed by atoms with Crippen molar-refractivity contribution in [1.82, 2.24) is 30.4 Å². The van der Waals surface area contributed by atoms with Crippen LogP contribution in [0.4, 0.5) is 0 Å². The lowest BCUT2D eigenvalue weighted by Crippen LogP contribution is -2.02. The van der Waals surface area contributed by atoms with Crippen molar-refractivity contribution in [3.8, 4) is 11.6 Å². The Bertz CT molecular complexity index is 537. The van der Waals surface area contributed by atoms with Gasteiger partial charge in [0.25, 0.3) is 0 Å². The van der Waals surface area contributed by atoms with Crippen LogP contribution in [0.15, 0.2) is 30.6 Å². The molecule has 0 spiro atoms. The third-order valence-corrected chi connectivity index (χ3v) is 2.25. The SMILES string of the molecule is C1=CCC(c2nnc(-c3ncc[nH]3)nn2)=C1. The van der Waals surface area contributed by atoms with Crippen molar-refractivity contribution in [2.24, 2.45) is 0 Å². The zero-order valence-electron chi connectivity index (χ0n) is 8.33. The summed E-state index contributed by atoms with van der Waals surface area (Å²) in [4.78, 5) is 6.93. The summed E-state index contributed by atoms with van der Waals surface area (Å²) in [5.41, 5.74) is 1.03. The number of imidazole rings is 1. The number of hydrogen-bond acceptors (Lipinski definition) is 5. The van der Waals surface area contributed by atoms with Crippen LogP contribution in [-0.2, 0) is 0 Å². The molecular weight excluding hydrogens is 204 g/mol. The van der Waals surface area contributed by atoms with Crippen molar-refractivity contribution >= 4 is 5.57 Å². The molecule has 0 bridgehead atoms. The average Bonchev–Trinajstić information content (AvgIpc) is 3.03. The van der Waals surface area contributed by atoms with Gasteiger partial charge in [-0.1, -0.05) is 18.2 Å². The minimum atomic E-state index is 0.403. The van der Waals surface area contributed by atoms with Gasteiger partial charge in [0.1, 0.15) is 0 Å². The van der Waals surface area contributed by atoms with Gasteiger partial charge in [0, 0.05) is 18.0 Å². The summed E-state index contributed by atoms with van der Waals surface area (Å²) >= 11 is 0. The lowest BCUT2D eigenvalue weighted by atomic mass is 10.2. The van der Waals surface area contributed by atoms with Crippen LogP contribution in [0.2, 0.25) is 0 Å². The van der Waals surface area contributed by atoms with Crippen molar-refractivity contribution in [2.45, 2.75) is 6.42 Å². The maximum absolute atomic E-state index is 4.03. The molecule has 1 aliphatic carbocycles. The molecule has 0 fully saturated rings. The summed E-state index contributed by atoms with van der Waals surface area (Å²) in [6.45, 7) is 0. The van der Waals surface area contributed by atoms with Gasteiger partial charge in [0.2, 0.25) is 5.82 Å².